The largest absolute Gasteiger partial charge is 0.497 e. The molecule has 3 rings (SSSR count). The Morgan fingerprint density at radius 2 is 2.07 bits per heavy atom. The lowest BCUT2D eigenvalue weighted by molar-refractivity contribution is 0.160. The Hall–Kier alpha value is -0.500. The molecule has 2 N–H and O–H groups in total. The highest BCUT2D eigenvalue weighted by Crippen LogP contribution is 2.55. The molecule has 1 aliphatic heterocycles. The van der Waals surface area contributed by atoms with E-state index in [1.807, 2.05) is 0 Å². The number of fused-ring (bicyclic) bond motifs is 1. The highest BCUT2D eigenvalue weighted by atomic mass is 16.5. The Kier molecular flexibility index (Phi) is 2.05. The quantitative estimate of drug-likeness (QED) is 0.728. The van der Waals surface area contributed by atoms with Crippen molar-refractivity contribution >= 4 is 0 Å². The van der Waals surface area contributed by atoms with E-state index in [2.05, 4.69) is 6.08 Å². The summed E-state index contributed by atoms with van der Waals surface area (Å²) in [6.45, 7) is 0.874. The Morgan fingerprint density at radius 1 is 1.29 bits per heavy atom. The van der Waals surface area contributed by atoms with E-state index in [0.717, 1.165) is 37.0 Å². The summed E-state index contributed by atoms with van der Waals surface area (Å²) in [5, 5.41) is 0. The number of hydrogen-bond acceptors (Lipinski definition) is 2. The van der Waals surface area contributed by atoms with E-state index in [9.17, 15) is 0 Å². The molecule has 2 fully saturated rings. The second kappa shape index (κ2) is 3.27. The zero-order chi connectivity index (χ0) is 9.54. The van der Waals surface area contributed by atoms with Gasteiger partial charge in [-0.1, -0.05) is 0 Å². The third-order valence-corrected chi connectivity index (χ3v) is 4.08. The van der Waals surface area contributed by atoms with Gasteiger partial charge in [-0.15, -0.1) is 0 Å². The standard InChI is InChI=1S/C12H19NO/c13-12(11-3-1-2-4-14-11)10-6-8-5-9(8)7-10/h3,8-10,12H,1-2,4-7,13H2. The molecule has 14 heavy (non-hydrogen) atoms. The van der Waals surface area contributed by atoms with Gasteiger partial charge in [0.15, 0.2) is 0 Å². The maximum Gasteiger partial charge on any atom is 0.109 e. The van der Waals surface area contributed by atoms with Crippen molar-refractivity contribution in [1.82, 2.24) is 0 Å². The van der Waals surface area contributed by atoms with Gasteiger partial charge in [-0.2, -0.15) is 0 Å². The van der Waals surface area contributed by atoms with Gasteiger partial charge in [0.05, 0.1) is 12.6 Å². The SMILES string of the molecule is NC(C1=CCCCO1)C1CC2CC2C1. The van der Waals surface area contributed by atoms with Crippen molar-refractivity contribution in [3.8, 4) is 0 Å². The Bertz CT molecular complexity index is 251. The van der Waals surface area contributed by atoms with Crippen LogP contribution in [0, 0.1) is 17.8 Å². The molecule has 1 heterocycles. The molecule has 0 aromatic heterocycles. The summed E-state index contributed by atoms with van der Waals surface area (Å²) in [4.78, 5) is 0. The topological polar surface area (TPSA) is 35.2 Å². The fourth-order valence-corrected chi connectivity index (χ4v) is 3.10. The van der Waals surface area contributed by atoms with Crippen LogP contribution in [0.15, 0.2) is 11.8 Å². The predicted octanol–water partition coefficient (Wildman–Crippen LogP) is 2.05. The Labute approximate surface area is 85.5 Å². The van der Waals surface area contributed by atoms with Gasteiger partial charge in [-0.05, 0) is 55.9 Å². The lowest BCUT2D eigenvalue weighted by atomic mass is 9.93. The molecule has 3 aliphatic rings. The van der Waals surface area contributed by atoms with E-state index < -0.39 is 0 Å². The minimum absolute atomic E-state index is 0.197. The molecule has 0 spiro atoms. The van der Waals surface area contributed by atoms with Crippen LogP contribution in [-0.4, -0.2) is 12.6 Å². The first-order valence-corrected chi connectivity index (χ1v) is 5.93. The van der Waals surface area contributed by atoms with Gasteiger partial charge >= 0.3 is 0 Å². The van der Waals surface area contributed by atoms with Crippen molar-refractivity contribution in [1.29, 1.82) is 0 Å². The maximum atomic E-state index is 6.24. The van der Waals surface area contributed by atoms with Gasteiger partial charge in [-0.25, -0.2) is 0 Å². The molecule has 0 aromatic rings. The molecule has 3 unspecified atom stereocenters. The summed E-state index contributed by atoms with van der Waals surface area (Å²) in [6.07, 6.45) is 8.70. The third kappa shape index (κ3) is 1.46. The van der Waals surface area contributed by atoms with Crippen LogP contribution in [0.1, 0.15) is 32.1 Å². The van der Waals surface area contributed by atoms with Crippen LogP contribution < -0.4 is 5.73 Å². The zero-order valence-corrected chi connectivity index (χ0v) is 8.61. The van der Waals surface area contributed by atoms with Gasteiger partial charge in [0.1, 0.15) is 5.76 Å². The van der Waals surface area contributed by atoms with E-state index >= 15 is 0 Å². The van der Waals surface area contributed by atoms with E-state index in [1.54, 1.807) is 0 Å². The summed E-state index contributed by atoms with van der Waals surface area (Å²) >= 11 is 0. The van der Waals surface area contributed by atoms with E-state index in [-0.39, 0.29) is 6.04 Å². The smallest absolute Gasteiger partial charge is 0.109 e. The third-order valence-electron chi connectivity index (χ3n) is 4.08. The average molecular weight is 193 g/mol. The molecule has 3 atom stereocenters. The van der Waals surface area contributed by atoms with Gasteiger partial charge in [-0.3, -0.25) is 0 Å². The first kappa shape index (κ1) is 8.78. The van der Waals surface area contributed by atoms with Crippen LogP contribution in [0.25, 0.3) is 0 Å². The Morgan fingerprint density at radius 3 is 2.71 bits per heavy atom. The molecule has 0 saturated heterocycles. The molecule has 0 radical (unpaired) electrons. The van der Waals surface area contributed by atoms with Crippen molar-refractivity contribution in [3.63, 3.8) is 0 Å². The molecule has 2 nitrogen and oxygen atoms in total. The number of nitrogens with two attached hydrogens (primary N) is 1. The highest BCUT2D eigenvalue weighted by molar-refractivity contribution is 5.10. The fraction of sp³-hybridized carbons (Fsp3) is 0.833. The van der Waals surface area contributed by atoms with Crippen LogP contribution >= 0.6 is 0 Å². The van der Waals surface area contributed by atoms with Crippen LogP contribution in [0.4, 0.5) is 0 Å². The second-order valence-electron chi connectivity index (χ2n) is 5.11. The molecule has 2 heteroatoms. The van der Waals surface area contributed by atoms with Crippen molar-refractivity contribution in [2.45, 2.75) is 38.1 Å². The molecule has 0 bridgehead atoms. The normalized spacial score (nSPS) is 42.4. The monoisotopic (exact) mass is 193 g/mol. The van der Waals surface area contributed by atoms with Crippen LogP contribution in [0.5, 0.6) is 0 Å². The van der Waals surface area contributed by atoms with Crippen LogP contribution in [0.3, 0.4) is 0 Å². The van der Waals surface area contributed by atoms with Gasteiger partial charge in [0.25, 0.3) is 0 Å². The van der Waals surface area contributed by atoms with E-state index in [1.165, 1.54) is 19.3 Å². The Balaban J connectivity index is 1.63. The van der Waals surface area contributed by atoms with Crippen LogP contribution in [-0.2, 0) is 4.74 Å². The summed E-state index contributed by atoms with van der Waals surface area (Å²) in [5.74, 6) is 3.84. The van der Waals surface area contributed by atoms with Crippen molar-refractivity contribution in [2.75, 3.05) is 6.61 Å². The lowest BCUT2D eigenvalue weighted by Crippen LogP contribution is -2.33. The minimum atomic E-state index is 0.197. The molecule has 0 aromatic carbocycles. The van der Waals surface area contributed by atoms with Gasteiger partial charge in [0.2, 0.25) is 0 Å². The summed E-state index contributed by atoms with van der Waals surface area (Å²) in [7, 11) is 0. The fourth-order valence-electron chi connectivity index (χ4n) is 3.10. The highest BCUT2D eigenvalue weighted by Gasteiger charge is 2.48. The average Bonchev–Trinajstić information content (AvgIpc) is 2.86. The molecule has 78 valence electrons. The van der Waals surface area contributed by atoms with Crippen LogP contribution in [0.2, 0.25) is 0 Å². The molecular formula is C12H19NO. The first-order valence-electron chi connectivity index (χ1n) is 5.93. The summed E-state index contributed by atoms with van der Waals surface area (Å²) in [6, 6.07) is 0.197. The zero-order valence-electron chi connectivity index (χ0n) is 8.61. The van der Waals surface area contributed by atoms with Crippen molar-refractivity contribution in [2.24, 2.45) is 23.5 Å². The number of ether oxygens (including phenoxy) is 1. The first-order chi connectivity index (χ1) is 6.84. The summed E-state index contributed by atoms with van der Waals surface area (Å²) in [5.41, 5.74) is 6.24. The molecular weight excluding hydrogens is 174 g/mol. The van der Waals surface area contributed by atoms with Crippen molar-refractivity contribution < 1.29 is 4.74 Å². The number of allylic oxidation sites excluding steroid dienone is 1. The summed E-state index contributed by atoms with van der Waals surface area (Å²) < 4.78 is 5.64. The van der Waals surface area contributed by atoms with Gasteiger partial charge in [0, 0.05) is 0 Å². The van der Waals surface area contributed by atoms with Gasteiger partial charge < -0.3 is 10.5 Å². The number of hydrogen-bond donors (Lipinski definition) is 1. The van der Waals surface area contributed by atoms with E-state index in [0.29, 0.717) is 5.92 Å². The molecule has 2 aliphatic carbocycles. The van der Waals surface area contributed by atoms with Crippen molar-refractivity contribution in [3.05, 3.63) is 11.8 Å². The lowest BCUT2D eigenvalue weighted by Gasteiger charge is -2.25. The maximum absolute atomic E-state index is 6.24. The van der Waals surface area contributed by atoms with E-state index in [4.69, 9.17) is 10.5 Å². The minimum Gasteiger partial charge on any atom is -0.497 e. The number of rotatable bonds is 2. The molecule has 0 amide bonds. The molecule has 2 saturated carbocycles. The second-order valence-corrected chi connectivity index (χ2v) is 5.11. The predicted molar refractivity (Wildman–Crippen MR) is 55.6 cm³/mol.